The van der Waals surface area contributed by atoms with Crippen LogP contribution in [0.1, 0.15) is 17.5 Å². The SMILES string of the molecule is Cc1ccnc(NC[C@@H]2CCN(Cc3cccnc3)C2)c1. The first kappa shape index (κ1) is 14.0. The molecule has 0 saturated carbocycles. The van der Waals surface area contributed by atoms with E-state index < -0.39 is 0 Å². The summed E-state index contributed by atoms with van der Waals surface area (Å²) in [6.07, 6.45) is 6.90. The predicted octanol–water partition coefficient (Wildman–Crippen LogP) is 2.72. The fourth-order valence-electron chi connectivity index (χ4n) is 2.85. The molecule has 0 aromatic carbocycles. The van der Waals surface area contributed by atoms with Crippen LogP contribution in [0.25, 0.3) is 0 Å². The molecule has 1 fully saturated rings. The molecule has 21 heavy (non-hydrogen) atoms. The van der Waals surface area contributed by atoms with Crippen LogP contribution in [0.4, 0.5) is 5.82 Å². The second-order valence-corrected chi connectivity index (χ2v) is 5.85. The van der Waals surface area contributed by atoms with Crippen LogP contribution in [-0.4, -0.2) is 34.5 Å². The van der Waals surface area contributed by atoms with Crippen molar-refractivity contribution in [3.05, 3.63) is 54.0 Å². The van der Waals surface area contributed by atoms with Gasteiger partial charge in [-0.15, -0.1) is 0 Å². The third-order valence-corrected chi connectivity index (χ3v) is 3.99. The Morgan fingerprint density at radius 3 is 3.10 bits per heavy atom. The molecule has 3 rings (SSSR count). The Kier molecular flexibility index (Phi) is 4.46. The van der Waals surface area contributed by atoms with Gasteiger partial charge in [0.1, 0.15) is 5.82 Å². The van der Waals surface area contributed by atoms with Gasteiger partial charge in [0.2, 0.25) is 0 Å². The van der Waals surface area contributed by atoms with Gasteiger partial charge in [-0.25, -0.2) is 4.98 Å². The van der Waals surface area contributed by atoms with Crippen LogP contribution in [0.3, 0.4) is 0 Å². The van der Waals surface area contributed by atoms with Gasteiger partial charge in [0.05, 0.1) is 0 Å². The molecule has 2 aromatic heterocycles. The third-order valence-electron chi connectivity index (χ3n) is 3.99. The smallest absolute Gasteiger partial charge is 0.126 e. The number of hydrogen-bond donors (Lipinski definition) is 1. The van der Waals surface area contributed by atoms with E-state index in [4.69, 9.17) is 0 Å². The average Bonchev–Trinajstić information content (AvgIpc) is 2.94. The van der Waals surface area contributed by atoms with Gasteiger partial charge in [-0.3, -0.25) is 9.88 Å². The Bertz CT molecular complexity index is 570. The molecule has 3 heterocycles. The lowest BCUT2D eigenvalue weighted by atomic mass is 10.1. The van der Waals surface area contributed by atoms with Crippen LogP contribution in [0.2, 0.25) is 0 Å². The summed E-state index contributed by atoms with van der Waals surface area (Å²) in [6.45, 7) is 6.42. The monoisotopic (exact) mass is 282 g/mol. The zero-order chi connectivity index (χ0) is 14.5. The van der Waals surface area contributed by atoms with E-state index >= 15 is 0 Å². The first-order chi connectivity index (χ1) is 10.3. The highest BCUT2D eigenvalue weighted by molar-refractivity contribution is 5.36. The first-order valence-corrected chi connectivity index (χ1v) is 7.57. The highest BCUT2D eigenvalue weighted by atomic mass is 15.2. The Morgan fingerprint density at radius 1 is 1.33 bits per heavy atom. The van der Waals surface area contributed by atoms with Crippen molar-refractivity contribution < 1.29 is 0 Å². The summed E-state index contributed by atoms with van der Waals surface area (Å²) in [6, 6.07) is 8.28. The summed E-state index contributed by atoms with van der Waals surface area (Å²) in [5.74, 6) is 1.68. The zero-order valence-electron chi connectivity index (χ0n) is 12.5. The molecule has 1 atom stereocenters. The number of pyridine rings is 2. The van der Waals surface area contributed by atoms with Crippen LogP contribution in [0.15, 0.2) is 42.9 Å². The minimum absolute atomic E-state index is 0.698. The molecule has 2 aromatic rings. The molecule has 110 valence electrons. The van der Waals surface area contributed by atoms with Crippen LogP contribution in [0, 0.1) is 12.8 Å². The predicted molar refractivity (Wildman–Crippen MR) is 85.1 cm³/mol. The third kappa shape index (κ3) is 4.02. The number of hydrogen-bond acceptors (Lipinski definition) is 4. The van der Waals surface area contributed by atoms with Crippen molar-refractivity contribution in [1.82, 2.24) is 14.9 Å². The molecule has 0 aliphatic carbocycles. The largest absolute Gasteiger partial charge is 0.370 e. The molecule has 0 spiro atoms. The summed E-state index contributed by atoms with van der Waals surface area (Å²) in [7, 11) is 0. The molecule has 1 N–H and O–H groups in total. The van der Waals surface area contributed by atoms with Gasteiger partial charge in [0.25, 0.3) is 0 Å². The first-order valence-electron chi connectivity index (χ1n) is 7.57. The minimum atomic E-state index is 0.698. The van der Waals surface area contributed by atoms with Crippen molar-refractivity contribution in [3.8, 4) is 0 Å². The summed E-state index contributed by atoms with van der Waals surface area (Å²) >= 11 is 0. The van der Waals surface area contributed by atoms with Gasteiger partial charge in [0, 0.05) is 38.2 Å². The number of likely N-dealkylation sites (tertiary alicyclic amines) is 1. The second-order valence-electron chi connectivity index (χ2n) is 5.85. The van der Waals surface area contributed by atoms with Gasteiger partial charge in [-0.05, 0) is 55.1 Å². The number of aryl methyl sites for hydroxylation is 1. The van der Waals surface area contributed by atoms with Crippen molar-refractivity contribution in [2.24, 2.45) is 5.92 Å². The Balaban J connectivity index is 1.46. The second kappa shape index (κ2) is 6.68. The van der Waals surface area contributed by atoms with Crippen LogP contribution in [0.5, 0.6) is 0 Å². The van der Waals surface area contributed by atoms with Crippen molar-refractivity contribution in [1.29, 1.82) is 0 Å². The molecule has 0 radical (unpaired) electrons. The van der Waals surface area contributed by atoms with Gasteiger partial charge in [-0.1, -0.05) is 6.07 Å². The van der Waals surface area contributed by atoms with E-state index in [0.29, 0.717) is 5.92 Å². The number of nitrogens with zero attached hydrogens (tertiary/aromatic N) is 3. The fourth-order valence-corrected chi connectivity index (χ4v) is 2.85. The lowest BCUT2D eigenvalue weighted by molar-refractivity contribution is 0.318. The Morgan fingerprint density at radius 2 is 2.29 bits per heavy atom. The normalized spacial score (nSPS) is 18.8. The lowest BCUT2D eigenvalue weighted by Crippen LogP contribution is -2.22. The molecule has 0 unspecified atom stereocenters. The van der Waals surface area contributed by atoms with E-state index in [1.165, 1.54) is 24.1 Å². The molecule has 4 nitrogen and oxygen atoms in total. The standard InChI is InChI=1S/C17H22N4/c1-14-4-7-19-17(9-14)20-11-16-5-8-21(13-16)12-15-3-2-6-18-10-15/h2-4,6-7,9-10,16H,5,8,11-13H2,1H3,(H,19,20)/t16-/m0/s1. The maximum Gasteiger partial charge on any atom is 0.126 e. The highest BCUT2D eigenvalue weighted by Gasteiger charge is 2.22. The summed E-state index contributed by atoms with van der Waals surface area (Å²) in [5.41, 5.74) is 2.54. The van der Waals surface area contributed by atoms with E-state index in [1.54, 1.807) is 0 Å². The van der Waals surface area contributed by atoms with Crippen LogP contribution < -0.4 is 5.32 Å². The van der Waals surface area contributed by atoms with Gasteiger partial charge >= 0.3 is 0 Å². The maximum atomic E-state index is 4.35. The van der Waals surface area contributed by atoms with E-state index in [0.717, 1.165) is 25.5 Å². The van der Waals surface area contributed by atoms with Crippen molar-refractivity contribution >= 4 is 5.82 Å². The van der Waals surface area contributed by atoms with Crippen LogP contribution >= 0.6 is 0 Å². The van der Waals surface area contributed by atoms with Gasteiger partial charge in [-0.2, -0.15) is 0 Å². The lowest BCUT2D eigenvalue weighted by Gasteiger charge is -2.16. The summed E-state index contributed by atoms with van der Waals surface area (Å²) < 4.78 is 0. The fraction of sp³-hybridized carbons (Fsp3) is 0.412. The quantitative estimate of drug-likeness (QED) is 0.915. The molecule has 1 aliphatic heterocycles. The maximum absolute atomic E-state index is 4.35. The highest BCUT2D eigenvalue weighted by Crippen LogP contribution is 2.19. The molecule has 0 bridgehead atoms. The molecule has 4 heteroatoms. The zero-order valence-corrected chi connectivity index (χ0v) is 12.5. The molecule has 1 aliphatic rings. The summed E-state index contributed by atoms with van der Waals surface area (Å²) in [4.78, 5) is 11.0. The van der Waals surface area contributed by atoms with E-state index in [-0.39, 0.29) is 0 Å². The number of aromatic nitrogens is 2. The summed E-state index contributed by atoms with van der Waals surface area (Å²) in [5, 5.41) is 3.46. The number of rotatable bonds is 5. The Hall–Kier alpha value is -1.94. The molecular formula is C17H22N4. The van der Waals surface area contributed by atoms with Crippen molar-refractivity contribution in [3.63, 3.8) is 0 Å². The van der Waals surface area contributed by atoms with E-state index in [9.17, 15) is 0 Å². The van der Waals surface area contributed by atoms with E-state index in [1.807, 2.05) is 30.7 Å². The van der Waals surface area contributed by atoms with Crippen molar-refractivity contribution in [2.45, 2.75) is 19.9 Å². The number of nitrogens with one attached hydrogen (secondary N) is 1. The van der Waals surface area contributed by atoms with Crippen LogP contribution in [-0.2, 0) is 6.54 Å². The average molecular weight is 282 g/mol. The molecule has 1 saturated heterocycles. The molecule has 0 amide bonds. The minimum Gasteiger partial charge on any atom is -0.370 e. The number of anilines is 1. The van der Waals surface area contributed by atoms with Gasteiger partial charge in [0.15, 0.2) is 0 Å². The van der Waals surface area contributed by atoms with Gasteiger partial charge < -0.3 is 5.32 Å². The molecular weight excluding hydrogens is 260 g/mol. The van der Waals surface area contributed by atoms with Crippen molar-refractivity contribution in [2.75, 3.05) is 25.0 Å². The van der Waals surface area contributed by atoms with E-state index in [2.05, 4.69) is 39.2 Å². The Labute approximate surface area is 126 Å². The topological polar surface area (TPSA) is 41.1 Å².